The van der Waals surface area contributed by atoms with E-state index in [0.717, 1.165) is 6.61 Å². The minimum Gasteiger partial charge on any atom is -0.373 e. The summed E-state index contributed by atoms with van der Waals surface area (Å²) in [6.07, 6.45) is 0.988. The molecule has 1 aliphatic heterocycles. The van der Waals surface area contributed by atoms with Crippen LogP contribution in [-0.4, -0.2) is 24.9 Å². The molecule has 0 aromatic carbocycles. The van der Waals surface area contributed by atoms with Crippen molar-refractivity contribution in [1.29, 1.82) is 0 Å². The summed E-state index contributed by atoms with van der Waals surface area (Å²) < 4.78 is 10.5. The molecule has 1 saturated heterocycles. The first-order valence-electron chi connectivity index (χ1n) is 3.47. The molecule has 0 aliphatic carbocycles. The van der Waals surface area contributed by atoms with Crippen LogP contribution in [0, 0.1) is 0 Å². The van der Waals surface area contributed by atoms with E-state index in [-0.39, 0.29) is 6.10 Å². The summed E-state index contributed by atoms with van der Waals surface area (Å²) in [6, 6.07) is 0. The van der Waals surface area contributed by atoms with Crippen molar-refractivity contribution in [3.8, 4) is 0 Å². The van der Waals surface area contributed by atoms with Gasteiger partial charge in [-0.1, -0.05) is 0 Å². The number of ether oxygens (including phenoxy) is 2. The van der Waals surface area contributed by atoms with Crippen molar-refractivity contribution in [3.05, 3.63) is 0 Å². The standard InChI is InChI=1S/C7H14O2/c1-5(2)9-6(3)7-4-8-7/h5-7H,4H2,1-3H3/t6-,7+/m1/s1. The molecule has 1 aliphatic rings. The summed E-state index contributed by atoms with van der Waals surface area (Å²) in [5, 5.41) is 0. The molecule has 9 heavy (non-hydrogen) atoms. The maximum Gasteiger partial charge on any atom is 0.107 e. The van der Waals surface area contributed by atoms with Crippen molar-refractivity contribution in [2.45, 2.75) is 39.1 Å². The fourth-order valence-corrected chi connectivity index (χ4v) is 0.844. The van der Waals surface area contributed by atoms with Gasteiger partial charge in [-0.05, 0) is 20.8 Å². The molecule has 0 aromatic heterocycles. The third-order valence-electron chi connectivity index (χ3n) is 1.37. The van der Waals surface area contributed by atoms with E-state index in [1.807, 2.05) is 13.8 Å². The molecular formula is C7H14O2. The third kappa shape index (κ3) is 2.33. The fraction of sp³-hybridized carbons (Fsp3) is 1.00. The van der Waals surface area contributed by atoms with Crippen molar-refractivity contribution in [1.82, 2.24) is 0 Å². The molecule has 2 heteroatoms. The van der Waals surface area contributed by atoms with E-state index in [2.05, 4.69) is 6.92 Å². The topological polar surface area (TPSA) is 21.8 Å². The Bertz CT molecular complexity index is 86.9. The molecule has 0 N–H and O–H groups in total. The minimum atomic E-state index is 0.282. The zero-order valence-electron chi connectivity index (χ0n) is 6.26. The number of rotatable bonds is 3. The molecule has 2 nitrogen and oxygen atoms in total. The minimum absolute atomic E-state index is 0.282. The van der Waals surface area contributed by atoms with Crippen LogP contribution in [0.15, 0.2) is 0 Å². The molecule has 54 valence electrons. The Kier molecular flexibility index (Phi) is 2.09. The van der Waals surface area contributed by atoms with Crippen molar-refractivity contribution in [2.75, 3.05) is 6.61 Å². The predicted molar refractivity (Wildman–Crippen MR) is 35.4 cm³/mol. The van der Waals surface area contributed by atoms with Gasteiger partial charge in [0.05, 0.1) is 18.8 Å². The van der Waals surface area contributed by atoms with Gasteiger partial charge in [0.25, 0.3) is 0 Å². The van der Waals surface area contributed by atoms with E-state index in [1.165, 1.54) is 0 Å². The van der Waals surface area contributed by atoms with Crippen LogP contribution in [-0.2, 0) is 9.47 Å². The van der Waals surface area contributed by atoms with Gasteiger partial charge in [-0.3, -0.25) is 0 Å². The smallest absolute Gasteiger partial charge is 0.107 e. The van der Waals surface area contributed by atoms with Crippen LogP contribution in [0.3, 0.4) is 0 Å². The molecule has 0 radical (unpaired) electrons. The van der Waals surface area contributed by atoms with Gasteiger partial charge < -0.3 is 9.47 Å². The average Bonchev–Trinajstić information content (AvgIpc) is 2.40. The van der Waals surface area contributed by atoms with Crippen LogP contribution in [0.2, 0.25) is 0 Å². The van der Waals surface area contributed by atoms with E-state index in [4.69, 9.17) is 9.47 Å². The van der Waals surface area contributed by atoms with Crippen LogP contribution < -0.4 is 0 Å². The SMILES string of the molecule is CC(C)O[C@H](C)[C@@H]1CO1. The third-order valence-corrected chi connectivity index (χ3v) is 1.37. The average molecular weight is 130 g/mol. The number of epoxide rings is 1. The van der Waals surface area contributed by atoms with Gasteiger partial charge in [0, 0.05) is 0 Å². The van der Waals surface area contributed by atoms with Crippen molar-refractivity contribution in [2.24, 2.45) is 0 Å². The Balaban J connectivity index is 2.10. The van der Waals surface area contributed by atoms with Crippen LogP contribution in [0.4, 0.5) is 0 Å². The van der Waals surface area contributed by atoms with Crippen LogP contribution in [0.5, 0.6) is 0 Å². The molecule has 1 rings (SSSR count). The summed E-state index contributed by atoms with van der Waals surface area (Å²) in [6.45, 7) is 7.02. The first-order valence-corrected chi connectivity index (χ1v) is 3.47. The van der Waals surface area contributed by atoms with Crippen LogP contribution in [0.1, 0.15) is 20.8 Å². The van der Waals surface area contributed by atoms with E-state index in [0.29, 0.717) is 12.2 Å². The predicted octanol–water partition coefficient (Wildman–Crippen LogP) is 1.20. The van der Waals surface area contributed by atoms with Gasteiger partial charge >= 0.3 is 0 Å². The molecule has 1 fully saturated rings. The summed E-state index contributed by atoms with van der Waals surface area (Å²) >= 11 is 0. The highest BCUT2D eigenvalue weighted by atomic mass is 16.6. The van der Waals surface area contributed by atoms with Gasteiger partial charge in [-0.25, -0.2) is 0 Å². The van der Waals surface area contributed by atoms with Crippen molar-refractivity contribution < 1.29 is 9.47 Å². The number of hydrogen-bond acceptors (Lipinski definition) is 2. The lowest BCUT2D eigenvalue weighted by Crippen LogP contribution is -2.19. The van der Waals surface area contributed by atoms with E-state index in [9.17, 15) is 0 Å². The number of hydrogen-bond donors (Lipinski definition) is 0. The Labute approximate surface area is 56.2 Å². The van der Waals surface area contributed by atoms with Crippen LogP contribution in [0.25, 0.3) is 0 Å². The highest BCUT2D eigenvalue weighted by Crippen LogP contribution is 2.17. The highest BCUT2D eigenvalue weighted by Gasteiger charge is 2.30. The molecule has 0 aromatic rings. The van der Waals surface area contributed by atoms with Gasteiger partial charge in [-0.2, -0.15) is 0 Å². The molecule has 0 unspecified atom stereocenters. The summed E-state index contributed by atoms with van der Waals surface area (Å²) in [5.41, 5.74) is 0. The lowest BCUT2D eigenvalue weighted by atomic mass is 10.3. The maximum atomic E-state index is 5.45. The molecule has 0 saturated carbocycles. The monoisotopic (exact) mass is 130 g/mol. The summed E-state index contributed by atoms with van der Waals surface area (Å²) in [4.78, 5) is 0. The van der Waals surface area contributed by atoms with Gasteiger partial charge in [-0.15, -0.1) is 0 Å². The van der Waals surface area contributed by atoms with E-state index >= 15 is 0 Å². The Morgan fingerprint density at radius 3 is 2.33 bits per heavy atom. The van der Waals surface area contributed by atoms with Crippen molar-refractivity contribution >= 4 is 0 Å². The molecule has 0 spiro atoms. The Morgan fingerprint density at radius 1 is 1.44 bits per heavy atom. The summed E-state index contributed by atoms with van der Waals surface area (Å²) in [7, 11) is 0. The normalized spacial score (nSPS) is 28.7. The highest BCUT2D eigenvalue weighted by molar-refractivity contribution is 4.76. The molecule has 0 bridgehead atoms. The maximum absolute atomic E-state index is 5.45. The molecule has 1 heterocycles. The zero-order chi connectivity index (χ0) is 6.85. The quantitative estimate of drug-likeness (QED) is 0.535. The fourth-order valence-electron chi connectivity index (χ4n) is 0.844. The first-order chi connectivity index (χ1) is 4.20. The lowest BCUT2D eigenvalue weighted by molar-refractivity contribution is 0.00353. The van der Waals surface area contributed by atoms with Crippen LogP contribution >= 0.6 is 0 Å². The molecule has 2 atom stereocenters. The second-order valence-corrected chi connectivity index (χ2v) is 2.76. The van der Waals surface area contributed by atoms with Gasteiger partial charge in [0.15, 0.2) is 0 Å². The summed E-state index contributed by atoms with van der Waals surface area (Å²) in [5.74, 6) is 0. The second-order valence-electron chi connectivity index (χ2n) is 2.76. The Hall–Kier alpha value is -0.0800. The largest absolute Gasteiger partial charge is 0.373 e. The second kappa shape index (κ2) is 2.67. The lowest BCUT2D eigenvalue weighted by Gasteiger charge is -2.12. The molecule has 0 amide bonds. The first kappa shape index (κ1) is 7.03. The van der Waals surface area contributed by atoms with Gasteiger partial charge in [0.2, 0.25) is 0 Å². The van der Waals surface area contributed by atoms with E-state index < -0.39 is 0 Å². The Morgan fingerprint density at radius 2 is 2.00 bits per heavy atom. The van der Waals surface area contributed by atoms with Crippen molar-refractivity contribution in [3.63, 3.8) is 0 Å². The van der Waals surface area contributed by atoms with E-state index in [1.54, 1.807) is 0 Å². The molecular weight excluding hydrogens is 116 g/mol. The van der Waals surface area contributed by atoms with Gasteiger partial charge in [0.1, 0.15) is 6.10 Å². The zero-order valence-corrected chi connectivity index (χ0v) is 6.26.